The molecule has 0 aliphatic rings. The summed E-state index contributed by atoms with van der Waals surface area (Å²) in [5, 5.41) is 16.5. The van der Waals surface area contributed by atoms with Gasteiger partial charge in [0.15, 0.2) is 4.34 Å². The Kier molecular flexibility index (Phi) is 5.83. The minimum Gasteiger partial charge on any atom is -0.496 e. The summed E-state index contributed by atoms with van der Waals surface area (Å²) in [5.41, 5.74) is 2.00. The number of nitrogens with zero attached hydrogens (tertiary/aromatic N) is 4. The highest BCUT2D eigenvalue weighted by Crippen LogP contribution is 2.30. The van der Waals surface area contributed by atoms with Gasteiger partial charge in [-0.3, -0.25) is 0 Å². The first kappa shape index (κ1) is 18.5. The van der Waals surface area contributed by atoms with Crippen LogP contribution in [0, 0.1) is 0 Å². The summed E-state index contributed by atoms with van der Waals surface area (Å²) in [6.45, 7) is 0.714. The van der Waals surface area contributed by atoms with Crippen molar-refractivity contribution < 1.29 is 9.26 Å². The minimum absolute atomic E-state index is 0.510. The van der Waals surface area contributed by atoms with Gasteiger partial charge >= 0.3 is 0 Å². The maximum absolute atomic E-state index is 5.36. The molecule has 0 aliphatic heterocycles. The number of nitrogens with one attached hydrogen (secondary N) is 1. The number of hydrogen-bond acceptors (Lipinski definition) is 9. The van der Waals surface area contributed by atoms with E-state index in [0.29, 0.717) is 29.8 Å². The van der Waals surface area contributed by atoms with E-state index in [4.69, 9.17) is 9.26 Å². The molecule has 0 bridgehead atoms. The van der Waals surface area contributed by atoms with Crippen LogP contribution >= 0.6 is 23.1 Å². The summed E-state index contributed by atoms with van der Waals surface area (Å²) in [7, 11) is 1.62. The number of rotatable bonds is 8. The fourth-order valence-electron chi connectivity index (χ4n) is 2.49. The van der Waals surface area contributed by atoms with Gasteiger partial charge in [0, 0.05) is 6.54 Å². The van der Waals surface area contributed by atoms with Crippen molar-refractivity contribution in [2.24, 2.45) is 0 Å². The molecule has 0 aliphatic carbocycles. The molecule has 7 nitrogen and oxygen atoms in total. The van der Waals surface area contributed by atoms with Gasteiger partial charge in [-0.05, 0) is 17.7 Å². The summed E-state index contributed by atoms with van der Waals surface area (Å²) >= 11 is 3.01. The van der Waals surface area contributed by atoms with E-state index in [9.17, 15) is 0 Å². The molecule has 0 unspecified atom stereocenters. The van der Waals surface area contributed by atoms with E-state index in [1.807, 2.05) is 42.5 Å². The molecule has 0 spiro atoms. The summed E-state index contributed by atoms with van der Waals surface area (Å²) < 4.78 is 11.5. The van der Waals surface area contributed by atoms with Crippen LogP contribution < -0.4 is 10.1 Å². The maximum atomic E-state index is 5.36. The lowest BCUT2D eigenvalue weighted by Crippen LogP contribution is -1.98. The van der Waals surface area contributed by atoms with E-state index in [1.54, 1.807) is 7.11 Å². The van der Waals surface area contributed by atoms with Crippen LogP contribution in [0.25, 0.3) is 11.4 Å². The molecular weight excluding hydrogens is 394 g/mol. The van der Waals surface area contributed by atoms with Crippen LogP contribution in [0.1, 0.15) is 11.5 Å². The highest BCUT2D eigenvalue weighted by atomic mass is 32.2. The summed E-state index contributed by atoms with van der Waals surface area (Å²) in [5.74, 6) is 2.27. The molecule has 142 valence electrons. The van der Waals surface area contributed by atoms with E-state index < -0.39 is 0 Å². The summed E-state index contributed by atoms with van der Waals surface area (Å²) in [6, 6.07) is 17.7. The van der Waals surface area contributed by atoms with Crippen LogP contribution in [0.3, 0.4) is 0 Å². The summed E-state index contributed by atoms with van der Waals surface area (Å²) in [6.07, 6.45) is 0. The van der Waals surface area contributed by atoms with Crippen molar-refractivity contribution in [3.63, 3.8) is 0 Å². The molecule has 1 N–H and O–H groups in total. The molecule has 4 rings (SSSR count). The third-order valence-electron chi connectivity index (χ3n) is 3.83. The van der Waals surface area contributed by atoms with Crippen molar-refractivity contribution >= 4 is 28.2 Å². The SMILES string of the molecule is COc1ccccc1-c1noc(CSc2nnc(NCc3ccccc3)s2)n1. The van der Waals surface area contributed by atoms with Gasteiger partial charge in [0.1, 0.15) is 5.75 Å². The number of para-hydroxylation sites is 1. The Hall–Kier alpha value is -2.91. The first-order valence-electron chi connectivity index (χ1n) is 8.52. The Labute approximate surface area is 170 Å². The fourth-order valence-corrected chi connectivity index (χ4v) is 4.07. The Morgan fingerprint density at radius 1 is 1.07 bits per heavy atom. The smallest absolute Gasteiger partial charge is 0.237 e. The highest BCUT2D eigenvalue weighted by Gasteiger charge is 2.14. The van der Waals surface area contributed by atoms with E-state index >= 15 is 0 Å². The lowest BCUT2D eigenvalue weighted by atomic mass is 10.2. The van der Waals surface area contributed by atoms with E-state index in [-0.39, 0.29) is 0 Å². The average molecular weight is 412 g/mol. The zero-order valence-electron chi connectivity index (χ0n) is 15.0. The minimum atomic E-state index is 0.510. The first-order valence-corrected chi connectivity index (χ1v) is 10.3. The number of aromatic nitrogens is 4. The Morgan fingerprint density at radius 2 is 1.89 bits per heavy atom. The molecule has 9 heteroatoms. The van der Waals surface area contributed by atoms with Gasteiger partial charge < -0.3 is 14.6 Å². The van der Waals surface area contributed by atoms with Gasteiger partial charge in [0.05, 0.1) is 18.4 Å². The number of hydrogen-bond donors (Lipinski definition) is 1. The molecule has 2 aromatic heterocycles. The van der Waals surface area contributed by atoms with Gasteiger partial charge in [0.25, 0.3) is 0 Å². The zero-order chi connectivity index (χ0) is 19.2. The van der Waals surface area contributed by atoms with Crippen molar-refractivity contribution in [2.45, 2.75) is 16.6 Å². The molecule has 2 heterocycles. The van der Waals surface area contributed by atoms with Crippen LogP contribution in [0.15, 0.2) is 63.5 Å². The number of methoxy groups -OCH3 is 1. The predicted octanol–water partition coefficient (Wildman–Crippen LogP) is 4.50. The fraction of sp³-hybridized carbons (Fsp3) is 0.158. The van der Waals surface area contributed by atoms with E-state index in [0.717, 1.165) is 15.0 Å². The normalized spacial score (nSPS) is 10.8. The maximum Gasteiger partial charge on any atom is 0.237 e. The molecule has 0 saturated carbocycles. The lowest BCUT2D eigenvalue weighted by molar-refractivity contribution is 0.390. The van der Waals surface area contributed by atoms with Crippen LogP contribution in [0.2, 0.25) is 0 Å². The van der Waals surface area contributed by atoms with Crippen LogP contribution in [0.5, 0.6) is 5.75 Å². The van der Waals surface area contributed by atoms with Crippen LogP contribution in [-0.2, 0) is 12.3 Å². The lowest BCUT2D eigenvalue weighted by Gasteiger charge is -2.02. The molecule has 0 radical (unpaired) electrons. The summed E-state index contributed by atoms with van der Waals surface area (Å²) in [4.78, 5) is 4.45. The van der Waals surface area contributed by atoms with Crippen molar-refractivity contribution in [1.82, 2.24) is 20.3 Å². The van der Waals surface area contributed by atoms with Gasteiger partial charge in [-0.2, -0.15) is 4.98 Å². The molecule has 4 aromatic rings. The van der Waals surface area contributed by atoms with Gasteiger partial charge in [-0.1, -0.05) is 70.7 Å². The standard InChI is InChI=1S/C19H17N5O2S2/c1-25-15-10-6-5-9-14(15)17-21-16(26-24-17)12-27-19-23-22-18(28-19)20-11-13-7-3-2-4-8-13/h2-10H,11-12H2,1H3,(H,20,22). The number of anilines is 1. The van der Waals surface area contributed by atoms with Gasteiger partial charge in [-0.15, -0.1) is 10.2 Å². The molecule has 0 fully saturated rings. The quantitative estimate of drug-likeness (QED) is 0.424. The van der Waals surface area contributed by atoms with E-state index in [1.165, 1.54) is 28.7 Å². The number of ether oxygens (including phenoxy) is 1. The predicted molar refractivity (Wildman–Crippen MR) is 110 cm³/mol. The topological polar surface area (TPSA) is 86.0 Å². The van der Waals surface area contributed by atoms with Crippen LogP contribution in [-0.4, -0.2) is 27.4 Å². The molecule has 0 saturated heterocycles. The van der Waals surface area contributed by atoms with Gasteiger partial charge in [0.2, 0.25) is 16.8 Å². The van der Waals surface area contributed by atoms with Crippen LogP contribution in [0.4, 0.5) is 5.13 Å². The molecule has 0 amide bonds. The second-order valence-electron chi connectivity index (χ2n) is 5.71. The molecule has 0 atom stereocenters. The van der Waals surface area contributed by atoms with E-state index in [2.05, 4.69) is 37.8 Å². The second kappa shape index (κ2) is 8.85. The largest absolute Gasteiger partial charge is 0.496 e. The Morgan fingerprint density at radius 3 is 2.75 bits per heavy atom. The number of benzene rings is 2. The molecule has 2 aromatic carbocycles. The third-order valence-corrected chi connectivity index (χ3v) is 5.83. The zero-order valence-corrected chi connectivity index (χ0v) is 16.7. The van der Waals surface area contributed by atoms with Crippen molar-refractivity contribution in [3.8, 4) is 17.1 Å². The van der Waals surface area contributed by atoms with Crippen molar-refractivity contribution in [3.05, 3.63) is 66.1 Å². The Balaban J connectivity index is 1.34. The van der Waals surface area contributed by atoms with Crippen molar-refractivity contribution in [2.75, 3.05) is 12.4 Å². The monoisotopic (exact) mass is 411 g/mol. The Bertz CT molecular complexity index is 1040. The number of thioether (sulfide) groups is 1. The third kappa shape index (κ3) is 4.49. The highest BCUT2D eigenvalue weighted by molar-refractivity contribution is 8.00. The first-order chi connectivity index (χ1) is 13.8. The average Bonchev–Trinajstić information content (AvgIpc) is 3.41. The second-order valence-corrected chi connectivity index (χ2v) is 7.91. The van der Waals surface area contributed by atoms with Gasteiger partial charge in [-0.25, -0.2) is 0 Å². The molecule has 28 heavy (non-hydrogen) atoms. The molecular formula is C19H17N5O2S2. The van der Waals surface area contributed by atoms with Crippen molar-refractivity contribution in [1.29, 1.82) is 0 Å².